The van der Waals surface area contributed by atoms with Crippen molar-refractivity contribution in [3.63, 3.8) is 0 Å². The predicted molar refractivity (Wildman–Crippen MR) is 103 cm³/mol. The highest BCUT2D eigenvalue weighted by Gasteiger charge is 2.15. The van der Waals surface area contributed by atoms with E-state index in [4.69, 9.17) is 4.74 Å². The van der Waals surface area contributed by atoms with Crippen molar-refractivity contribution in [1.29, 1.82) is 0 Å². The van der Waals surface area contributed by atoms with Gasteiger partial charge in [-0.05, 0) is 46.8 Å². The molecular weight excluding hydrogens is 364 g/mol. The molecule has 2 N–H and O–H groups in total. The zero-order valence-electron chi connectivity index (χ0n) is 14.1. The topological polar surface area (TPSA) is 88.0 Å². The number of aliphatic hydroxyl groups excluding tert-OH is 1. The molecule has 0 fully saturated rings. The maximum Gasteiger partial charge on any atom is 0.353 e. The zero-order valence-corrected chi connectivity index (χ0v) is 14.9. The van der Waals surface area contributed by atoms with Crippen LogP contribution in [0.3, 0.4) is 0 Å². The molecule has 1 atom stereocenters. The lowest BCUT2D eigenvalue weighted by Crippen LogP contribution is -2.25. The van der Waals surface area contributed by atoms with Gasteiger partial charge in [-0.15, -0.1) is 11.3 Å². The van der Waals surface area contributed by atoms with Crippen LogP contribution < -0.4 is 10.2 Å². The molecule has 0 saturated carbocycles. The van der Waals surface area contributed by atoms with E-state index in [9.17, 15) is 14.7 Å². The van der Waals surface area contributed by atoms with E-state index in [-0.39, 0.29) is 0 Å². The molecule has 0 aliphatic carbocycles. The van der Waals surface area contributed by atoms with Crippen LogP contribution in [0.5, 0.6) is 5.75 Å². The summed E-state index contributed by atoms with van der Waals surface area (Å²) in [4.78, 5) is 24.3. The zero-order chi connectivity index (χ0) is 19.1. The van der Waals surface area contributed by atoms with Crippen molar-refractivity contribution in [3.05, 3.63) is 88.1 Å². The summed E-state index contributed by atoms with van der Waals surface area (Å²) in [6, 6.07) is 18.7. The summed E-state index contributed by atoms with van der Waals surface area (Å²) >= 11 is 1.31. The van der Waals surface area contributed by atoms with Crippen LogP contribution in [0.2, 0.25) is 0 Å². The first-order chi connectivity index (χ1) is 13.1. The first-order valence-electron chi connectivity index (χ1n) is 8.05. The monoisotopic (exact) mass is 380 g/mol. The number of amides is 1. The molecule has 27 heavy (non-hydrogen) atoms. The summed E-state index contributed by atoms with van der Waals surface area (Å²) < 4.78 is 5.26. The summed E-state index contributed by atoms with van der Waals surface area (Å²) in [5.41, 5.74) is 3.47. The molecule has 0 aliphatic rings. The third-order valence-corrected chi connectivity index (χ3v) is 4.41. The van der Waals surface area contributed by atoms with Crippen LogP contribution in [0.4, 0.5) is 0 Å². The molecule has 0 unspecified atom stereocenters. The van der Waals surface area contributed by atoms with Gasteiger partial charge in [0.2, 0.25) is 0 Å². The van der Waals surface area contributed by atoms with Gasteiger partial charge in [-0.25, -0.2) is 10.2 Å². The molecule has 0 saturated heterocycles. The molecule has 1 amide bonds. The van der Waals surface area contributed by atoms with Crippen molar-refractivity contribution in [3.8, 4) is 5.75 Å². The third kappa shape index (κ3) is 5.10. The van der Waals surface area contributed by atoms with Gasteiger partial charge in [-0.1, -0.05) is 36.4 Å². The summed E-state index contributed by atoms with van der Waals surface area (Å²) in [5, 5.41) is 15.6. The van der Waals surface area contributed by atoms with E-state index in [1.165, 1.54) is 17.6 Å². The highest BCUT2D eigenvalue weighted by atomic mass is 32.1. The molecule has 2 aromatic carbocycles. The molecule has 136 valence electrons. The van der Waals surface area contributed by atoms with E-state index in [2.05, 4.69) is 10.5 Å². The molecule has 1 heterocycles. The number of carbonyl (C=O) groups excluding carboxylic acids is 2. The number of aliphatic hydroxyl groups is 1. The van der Waals surface area contributed by atoms with E-state index < -0.39 is 18.0 Å². The molecule has 0 radical (unpaired) electrons. The smallest absolute Gasteiger partial charge is 0.353 e. The number of hydrazone groups is 1. The third-order valence-electron chi connectivity index (χ3n) is 3.57. The molecule has 3 rings (SSSR count). The van der Waals surface area contributed by atoms with Crippen LogP contribution in [0.1, 0.15) is 26.9 Å². The Morgan fingerprint density at radius 1 is 1.04 bits per heavy atom. The maximum absolute atomic E-state index is 11.9. The average Bonchev–Trinajstić information content (AvgIpc) is 3.24. The van der Waals surface area contributed by atoms with Crippen LogP contribution in [0.25, 0.3) is 0 Å². The SMILES string of the molecule is O=C(Oc1ccc(/C=N\NC(=O)[C@@H](O)c2ccccc2)cc1)c1cccs1. The number of rotatable bonds is 6. The molecule has 0 spiro atoms. The highest BCUT2D eigenvalue weighted by molar-refractivity contribution is 7.12. The normalized spacial score (nSPS) is 11.9. The van der Waals surface area contributed by atoms with Gasteiger partial charge < -0.3 is 9.84 Å². The van der Waals surface area contributed by atoms with E-state index in [0.717, 1.165) is 0 Å². The lowest BCUT2D eigenvalue weighted by atomic mass is 10.1. The van der Waals surface area contributed by atoms with Gasteiger partial charge in [-0.2, -0.15) is 5.10 Å². The second-order valence-corrected chi connectivity index (χ2v) is 6.43. The highest BCUT2D eigenvalue weighted by Crippen LogP contribution is 2.16. The van der Waals surface area contributed by atoms with E-state index in [1.807, 2.05) is 0 Å². The van der Waals surface area contributed by atoms with Crippen LogP contribution in [0, 0.1) is 0 Å². The largest absolute Gasteiger partial charge is 0.422 e. The van der Waals surface area contributed by atoms with Gasteiger partial charge in [0.05, 0.1) is 6.21 Å². The van der Waals surface area contributed by atoms with E-state index in [0.29, 0.717) is 21.8 Å². The molecule has 6 nitrogen and oxygen atoms in total. The summed E-state index contributed by atoms with van der Waals surface area (Å²) in [6.07, 6.45) is 0.142. The minimum atomic E-state index is -1.29. The average molecular weight is 380 g/mol. The lowest BCUT2D eigenvalue weighted by molar-refractivity contribution is -0.129. The van der Waals surface area contributed by atoms with E-state index >= 15 is 0 Å². The van der Waals surface area contributed by atoms with Gasteiger partial charge in [0.1, 0.15) is 10.6 Å². The minimum Gasteiger partial charge on any atom is -0.422 e. The Hall–Kier alpha value is -3.29. The van der Waals surface area contributed by atoms with E-state index in [1.54, 1.807) is 72.1 Å². The summed E-state index contributed by atoms with van der Waals surface area (Å²) in [5.74, 6) is -0.624. The fraction of sp³-hybridized carbons (Fsp3) is 0.0500. The number of carbonyl (C=O) groups is 2. The van der Waals surface area contributed by atoms with Crippen molar-refractivity contribution in [2.75, 3.05) is 0 Å². The lowest BCUT2D eigenvalue weighted by Gasteiger charge is -2.08. The Labute approximate surface area is 159 Å². The minimum absolute atomic E-state index is 0.409. The van der Waals surface area contributed by atoms with Crippen LogP contribution in [-0.4, -0.2) is 23.2 Å². The standard InChI is InChI=1S/C20H16N2O4S/c23-18(15-5-2-1-3-6-15)19(24)22-21-13-14-8-10-16(11-9-14)26-20(25)17-7-4-12-27-17/h1-13,18,23H,(H,22,24)/b21-13-/t18-/m0/s1. The molecular formula is C20H16N2O4S. The van der Waals surface area contributed by atoms with Crippen molar-refractivity contribution >= 4 is 29.4 Å². The van der Waals surface area contributed by atoms with Crippen molar-refractivity contribution in [2.24, 2.45) is 5.10 Å². The first kappa shape index (κ1) is 18.5. The van der Waals surface area contributed by atoms with Gasteiger partial charge in [0.15, 0.2) is 6.10 Å². The Bertz CT molecular complexity index is 922. The molecule has 0 aliphatic heterocycles. The maximum atomic E-state index is 11.9. The van der Waals surface area contributed by atoms with Gasteiger partial charge in [0.25, 0.3) is 5.91 Å². The number of nitrogens with zero attached hydrogens (tertiary/aromatic N) is 1. The predicted octanol–water partition coefficient (Wildman–Crippen LogP) is 3.15. The van der Waals surface area contributed by atoms with Crippen LogP contribution >= 0.6 is 11.3 Å². The van der Waals surface area contributed by atoms with Crippen molar-refractivity contribution in [1.82, 2.24) is 5.43 Å². The van der Waals surface area contributed by atoms with Crippen molar-refractivity contribution < 1.29 is 19.4 Å². The fourth-order valence-electron chi connectivity index (χ4n) is 2.19. The summed E-state index contributed by atoms with van der Waals surface area (Å²) in [6.45, 7) is 0. The summed E-state index contributed by atoms with van der Waals surface area (Å²) in [7, 11) is 0. The molecule has 3 aromatic rings. The first-order valence-corrected chi connectivity index (χ1v) is 8.93. The van der Waals surface area contributed by atoms with Crippen molar-refractivity contribution in [2.45, 2.75) is 6.10 Å². The number of hydrogen-bond acceptors (Lipinski definition) is 6. The van der Waals surface area contributed by atoms with Gasteiger partial charge >= 0.3 is 5.97 Å². The molecule has 7 heteroatoms. The Morgan fingerprint density at radius 2 is 1.78 bits per heavy atom. The Morgan fingerprint density at radius 3 is 2.44 bits per heavy atom. The molecule has 1 aromatic heterocycles. The Balaban J connectivity index is 1.53. The van der Waals surface area contributed by atoms with Crippen LogP contribution in [0.15, 0.2) is 77.2 Å². The number of benzene rings is 2. The fourth-order valence-corrected chi connectivity index (χ4v) is 2.79. The quantitative estimate of drug-likeness (QED) is 0.298. The number of ether oxygens (including phenoxy) is 1. The second-order valence-electron chi connectivity index (χ2n) is 5.48. The number of esters is 1. The second kappa shape index (κ2) is 8.88. The number of nitrogens with one attached hydrogen (secondary N) is 1. The number of hydrogen-bond donors (Lipinski definition) is 2. The van der Waals surface area contributed by atoms with Gasteiger partial charge in [-0.3, -0.25) is 4.79 Å². The van der Waals surface area contributed by atoms with Gasteiger partial charge in [0, 0.05) is 0 Å². The Kier molecular flexibility index (Phi) is 6.09. The number of thiophene rings is 1. The van der Waals surface area contributed by atoms with Crippen LogP contribution in [-0.2, 0) is 4.79 Å². The molecule has 0 bridgehead atoms.